The van der Waals surface area contributed by atoms with E-state index in [1.54, 1.807) is 25.0 Å². The lowest BCUT2D eigenvalue weighted by molar-refractivity contribution is -0.128. The molecular weight excluding hydrogens is 684 g/mol. The first-order valence-electron chi connectivity index (χ1n) is 16.6. The Morgan fingerprint density at radius 2 is 1.59 bits per heavy atom. The monoisotopic (exact) mass is 722 g/mol. The van der Waals surface area contributed by atoms with E-state index in [0.717, 1.165) is 33.0 Å². The van der Waals surface area contributed by atoms with E-state index in [9.17, 15) is 14.4 Å². The van der Waals surface area contributed by atoms with Crippen LogP contribution in [-0.2, 0) is 16.2 Å². The standard InChI is InChI=1S/C40H39ClN4O5S/c1-26-20-34(21-27(2)38(26)41)50-24-31-22-29(10-15-36(31)49-4)23-35-39(48)45(33-8-6-5-7-9-33)40(42-35)51-25-37(47)44-18-16-43(17-19-44)32-13-11-30(12-14-32)28(3)46/h5-15,20-23H,16-19,24-25H2,1-4H3. The molecule has 2 heterocycles. The lowest BCUT2D eigenvalue weighted by Gasteiger charge is -2.36. The minimum atomic E-state index is -0.277. The van der Waals surface area contributed by atoms with Gasteiger partial charge in [-0.25, -0.2) is 4.99 Å². The van der Waals surface area contributed by atoms with Gasteiger partial charge in [-0.1, -0.05) is 47.6 Å². The maximum Gasteiger partial charge on any atom is 0.283 e. The molecule has 0 radical (unpaired) electrons. The zero-order valence-electron chi connectivity index (χ0n) is 29.0. The van der Waals surface area contributed by atoms with Crippen molar-refractivity contribution in [3.63, 3.8) is 0 Å². The van der Waals surface area contributed by atoms with Crippen molar-refractivity contribution >= 4 is 63.6 Å². The summed E-state index contributed by atoms with van der Waals surface area (Å²) in [5, 5.41) is 1.16. The highest BCUT2D eigenvalue weighted by atomic mass is 35.5. The van der Waals surface area contributed by atoms with Gasteiger partial charge in [0.1, 0.15) is 23.8 Å². The highest BCUT2D eigenvalue weighted by Gasteiger charge is 2.33. The number of amidine groups is 1. The molecule has 11 heteroatoms. The lowest BCUT2D eigenvalue weighted by Crippen LogP contribution is -2.49. The van der Waals surface area contributed by atoms with Gasteiger partial charge in [-0.2, -0.15) is 0 Å². The number of rotatable bonds is 10. The minimum Gasteiger partial charge on any atom is -0.496 e. The minimum absolute atomic E-state index is 0.0157. The predicted octanol–water partition coefficient (Wildman–Crippen LogP) is 7.57. The molecule has 1 fully saturated rings. The van der Waals surface area contributed by atoms with Crippen LogP contribution in [0, 0.1) is 13.8 Å². The summed E-state index contributed by atoms with van der Waals surface area (Å²) >= 11 is 7.59. The number of aryl methyl sites for hydroxylation is 2. The summed E-state index contributed by atoms with van der Waals surface area (Å²) in [7, 11) is 1.61. The first-order valence-corrected chi connectivity index (χ1v) is 18.0. The molecule has 6 rings (SSSR count). The zero-order valence-corrected chi connectivity index (χ0v) is 30.6. The molecule has 0 saturated carbocycles. The van der Waals surface area contributed by atoms with Gasteiger partial charge >= 0.3 is 0 Å². The Kier molecular flexibility index (Phi) is 11.1. The number of carbonyl (C=O) groups is 3. The quantitative estimate of drug-likeness (QED) is 0.123. The van der Waals surface area contributed by atoms with Crippen LogP contribution in [0.15, 0.2) is 95.6 Å². The van der Waals surface area contributed by atoms with Crippen LogP contribution in [0.5, 0.6) is 11.5 Å². The molecule has 0 bridgehead atoms. The Morgan fingerprint density at radius 1 is 0.902 bits per heavy atom. The summed E-state index contributed by atoms with van der Waals surface area (Å²) in [6, 6.07) is 26.3. The van der Waals surface area contributed by atoms with Crippen LogP contribution >= 0.6 is 23.4 Å². The van der Waals surface area contributed by atoms with E-state index < -0.39 is 0 Å². The summed E-state index contributed by atoms with van der Waals surface area (Å²) in [6.45, 7) is 8.21. The smallest absolute Gasteiger partial charge is 0.283 e. The van der Waals surface area contributed by atoms with E-state index in [0.29, 0.717) is 54.1 Å². The molecular formula is C40H39ClN4O5S. The van der Waals surface area contributed by atoms with Crippen LogP contribution in [0.1, 0.15) is 39.5 Å². The number of methoxy groups -OCH3 is 1. The Balaban J connectivity index is 1.16. The second-order valence-corrected chi connectivity index (χ2v) is 13.7. The number of ketones is 1. The number of halogens is 1. The molecule has 0 spiro atoms. The number of hydrogen-bond donors (Lipinski definition) is 0. The van der Waals surface area contributed by atoms with Crippen LogP contribution in [-0.4, -0.2) is 66.7 Å². The topological polar surface area (TPSA) is 91.8 Å². The average Bonchev–Trinajstić information content (AvgIpc) is 3.46. The zero-order chi connectivity index (χ0) is 36.1. The second kappa shape index (κ2) is 15.9. The Hall–Kier alpha value is -5.06. The van der Waals surface area contributed by atoms with E-state index in [-0.39, 0.29) is 35.7 Å². The number of Topliss-reactive ketones (excluding diaryl/α,β-unsaturated/α-hetero) is 1. The van der Waals surface area contributed by atoms with Gasteiger partial charge in [0.2, 0.25) is 5.91 Å². The van der Waals surface area contributed by atoms with Crippen molar-refractivity contribution in [1.29, 1.82) is 0 Å². The summed E-state index contributed by atoms with van der Waals surface area (Å²) in [5.41, 5.74) is 6.08. The molecule has 2 aliphatic heterocycles. The van der Waals surface area contributed by atoms with Crippen LogP contribution in [0.4, 0.5) is 11.4 Å². The van der Waals surface area contributed by atoms with E-state index >= 15 is 0 Å². The van der Waals surface area contributed by atoms with Crippen molar-refractivity contribution in [2.24, 2.45) is 4.99 Å². The summed E-state index contributed by atoms with van der Waals surface area (Å²) in [6.07, 6.45) is 1.75. The van der Waals surface area contributed by atoms with Crippen molar-refractivity contribution in [3.8, 4) is 11.5 Å². The Bertz CT molecular complexity index is 1980. The molecule has 2 amide bonds. The van der Waals surface area contributed by atoms with E-state index in [4.69, 9.17) is 26.1 Å². The van der Waals surface area contributed by atoms with Crippen LogP contribution in [0.25, 0.3) is 6.08 Å². The molecule has 0 N–H and O–H groups in total. The SMILES string of the molecule is COc1ccc(C=C2N=C(SCC(=O)N3CCN(c4ccc(C(C)=O)cc4)CC3)N(c3ccccc3)C2=O)cc1COc1cc(C)c(Cl)c(C)c1. The fourth-order valence-corrected chi connectivity index (χ4v) is 7.07. The number of nitrogens with zero attached hydrogens (tertiary/aromatic N) is 4. The second-order valence-electron chi connectivity index (χ2n) is 12.4. The van der Waals surface area contributed by atoms with Crippen LogP contribution in [0.2, 0.25) is 5.02 Å². The van der Waals surface area contributed by atoms with Crippen molar-refractivity contribution in [2.75, 3.05) is 48.8 Å². The molecule has 4 aromatic rings. The summed E-state index contributed by atoms with van der Waals surface area (Å²) in [5.74, 6) is 1.25. The van der Waals surface area contributed by atoms with Gasteiger partial charge < -0.3 is 19.3 Å². The summed E-state index contributed by atoms with van der Waals surface area (Å²) < 4.78 is 11.7. The third kappa shape index (κ3) is 8.30. The molecule has 4 aromatic carbocycles. The van der Waals surface area contributed by atoms with Gasteiger partial charge in [-0.05, 0) is 104 Å². The predicted molar refractivity (Wildman–Crippen MR) is 205 cm³/mol. The fraction of sp³-hybridized carbons (Fsp3) is 0.250. The van der Waals surface area contributed by atoms with Crippen molar-refractivity contribution in [3.05, 3.63) is 123 Å². The molecule has 262 valence electrons. The fourth-order valence-electron chi connectivity index (χ4n) is 6.05. The number of carbonyl (C=O) groups excluding carboxylic acids is 3. The third-order valence-corrected chi connectivity index (χ3v) is 10.4. The average molecular weight is 723 g/mol. The first-order chi connectivity index (χ1) is 24.6. The number of amides is 2. The molecule has 51 heavy (non-hydrogen) atoms. The maximum absolute atomic E-state index is 13.9. The molecule has 0 aromatic heterocycles. The van der Waals surface area contributed by atoms with Crippen molar-refractivity contribution in [2.45, 2.75) is 27.4 Å². The van der Waals surface area contributed by atoms with E-state index in [1.165, 1.54) is 11.8 Å². The number of hydrogen-bond acceptors (Lipinski definition) is 8. The summed E-state index contributed by atoms with van der Waals surface area (Å²) in [4.78, 5) is 49.2. The molecule has 0 unspecified atom stereocenters. The van der Waals surface area contributed by atoms with Crippen molar-refractivity contribution < 1.29 is 23.9 Å². The maximum atomic E-state index is 13.9. The van der Waals surface area contributed by atoms with Crippen LogP contribution < -0.4 is 19.3 Å². The van der Waals surface area contributed by atoms with E-state index in [1.807, 2.05) is 104 Å². The number of aliphatic imine (C=N–C) groups is 1. The first kappa shape index (κ1) is 35.8. The molecule has 9 nitrogen and oxygen atoms in total. The number of piperazine rings is 1. The lowest BCUT2D eigenvalue weighted by atomic mass is 10.1. The normalized spacial score (nSPS) is 15.3. The van der Waals surface area contributed by atoms with Gasteiger partial charge in [0, 0.05) is 48.0 Å². The number of thioether (sulfide) groups is 1. The highest BCUT2D eigenvalue weighted by molar-refractivity contribution is 8.14. The number of anilines is 2. The molecule has 0 atom stereocenters. The van der Waals surface area contributed by atoms with Gasteiger partial charge in [-0.3, -0.25) is 19.3 Å². The molecule has 0 aliphatic carbocycles. The van der Waals surface area contributed by atoms with Gasteiger partial charge in [-0.15, -0.1) is 0 Å². The van der Waals surface area contributed by atoms with Crippen LogP contribution in [0.3, 0.4) is 0 Å². The molecule has 1 saturated heterocycles. The number of ether oxygens (including phenoxy) is 2. The third-order valence-electron chi connectivity index (χ3n) is 8.85. The number of para-hydroxylation sites is 1. The van der Waals surface area contributed by atoms with Gasteiger partial charge in [0.15, 0.2) is 11.0 Å². The Morgan fingerprint density at radius 3 is 2.24 bits per heavy atom. The largest absolute Gasteiger partial charge is 0.496 e. The molecule has 2 aliphatic rings. The van der Waals surface area contributed by atoms with Gasteiger partial charge in [0.05, 0.1) is 18.6 Å². The number of benzene rings is 4. The Labute approximate surface area is 307 Å². The van der Waals surface area contributed by atoms with E-state index in [2.05, 4.69) is 4.90 Å². The highest BCUT2D eigenvalue weighted by Crippen LogP contribution is 2.32. The van der Waals surface area contributed by atoms with Crippen molar-refractivity contribution in [1.82, 2.24) is 4.90 Å². The van der Waals surface area contributed by atoms with Gasteiger partial charge in [0.25, 0.3) is 5.91 Å².